The van der Waals surface area contributed by atoms with Crippen LogP contribution in [0.4, 0.5) is 30.2 Å². The maximum Gasteiger partial charge on any atom is 0.416 e. The number of hydrogen-bond donors (Lipinski definition) is 3. The minimum atomic E-state index is -4.45. The van der Waals surface area contributed by atoms with Crippen LogP contribution in [0.2, 0.25) is 0 Å². The quantitative estimate of drug-likeness (QED) is 0.340. The van der Waals surface area contributed by atoms with Crippen LogP contribution in [0.15, 0.2) is 47.8 Å². The lowest BCUT2D eigenvalue weighted by Gasteiger charge is -2.16. The first-order chi connectivity index (χ1) is 15.6. The smallest absolute Gasteiger partial charge is 0.332 e. The molecule has 1 amide bonds. The minimum Gasteiger partial charge on any atom is -0.332 e. The van der Waals surface area contributed by atoms with Crippen LogP contribution in [-0.4, -0.2) is 20.6 Å². The summed E-state index contributed by atoms with van der Waals surface area (Å²) in [6.45, 7) is 4.00. The number of carbonyl (C=O) groups is 1. The van der Waals surface area contributed by atoms with Crippen molar-refractivity contribution in [3.63, 3.8) is 0 Å². The highest BCUT2D eigenvalue weighted by Gasteiger charge is 2.31. The highest BCUT2D eigenvalue weighted by Crippen LogP contribution is 2.33. The van der Waals surface area contributed by atoms with E-state index in [1.807, 2.05) is 13.8 Å². The van der Waals surface area contributed by atoms with Gasteiger partial charge in [-0.15, -0.1) is 5.10 Å². The summed E-state index contributed by atoms with van der Waals surface area (Å²) in [4.78, 5) is 12.0. The average Bonchev–Trinajstić information content (AvgIpc) is 3.29. The first-order valence-corrected chi connectivity index (χ1v) is 11.4. The van der Waals surface area contributed by atoms with Gasteiger partial charge in [0.15, 0.2) is 10.8 Å². The van der Waals surface area contributed by atoms with Gasteiger partial charge in [-0.1, -0.05) is 24.8 Å². The Bertz CT molecular complexity index is 1100. The first-order valence-electron chi connectivity index (χ1n) is 10.1. The highest BCUT2D eigenvalue weighted by molar-refractivity contribution is 7.80. The molecule has 6 nitrogen and oxygen atoms in total. The van der Waals surface area contributed by atoms with Crippen molar-refractivity contribution in [2.75, 3.05) is 16.0 Å². The van der Waals surface area contributed by atoms with E-state index < -0.39 is 11.7 Å². The first kappa shape index (κ1) is 24.6. The largest absolute Gasteiger partial charge is 0.416 e. The van der Waals surface area contributed by atoms with Crippen LogP contribution < -0.4 is 16.0 Å². The predicted molar refractivity (Wildman–Crippen MR) is 129 cm³/mol. The normalized spacial score (nSPS) is 12.2. The molecular weight excluding hydrogens is 471 g/mol. The monoisotopic (exact) mass is 493 g/mol. The van der Waals surface area contributed by atoms with E-state index in [1.54, 1.807) is 30.3 Å². The Hall–Kier alpha value is -3.05. The molecule has 3 N–H and O–H groups in total. The van der Waals surface area contributed by atoms with Crippen molar-refractivity contribution in [3.8, 4) is 0 Å². The van der Waals surface area contributed by atoms with Crippen LogP contribution in [0.5, 0.6) is 0 Å². The average molecular weight is 494 g/mol. The van der Waals surface area contributed by atoms with Gasteiger partial charge in [-0.25, -0.2) is 0 Å². The van der Waals surface area contributed by atoms with Gasteiger partial charge in [-0.2, -0.15) is 13.2 Å². The molecule has 0 bridgehead atoms. The number of halogens is 3. The molecule has 0 radical (unpaired) electrons. The van der Waals surface area contributed by atoms with Crippen LogP contribution in [0.3, 0.4) is 0 Å². The van der Waals surface area contributed by atoms with Crippen molar-refractivity contribution in [1.29, 1.82) is 0 Å². The Balaban J connectivity index is 1.66. The standard InChI is InChI=1S/C22H22F3N5OS2/c1-3-13(2)8-14-9-15(22(23,24)25)11-18(10-14)28-21(32)27-17-6-4-16(5-7-17)26-20(31)19-12-33-30-29-19/h4-7,9-13H,3,8H2,1-2H3,(H,26,31)(H2,27,28,32). The molecule has 11 heteroatoms. The number of rotatable bonds is 7. The SMILES string of the molecule is CCC(C)Cc1cc(NC(=S)Nc2ccc(NC(=O)c3csnn3)cc2)cc(C(F)(F)F)c1. The molecule has 2 aromatic carbocycles. The van der Waals surface area contributed by atoms with Gasteiger partial charge in [0, 0.05) is 22.4 Å². The summed E-state index contributed by atoms with van der Waals surface area (Å²) >= 11 is 6.36. The van der Waals surface area contributed by atoms with Crippen molar-refractivity contribution in [1.82, 2.24) is 9.59 Å². The van der Waals surface area contributed by atoms with Crippen molar-refractivity contribution >= 4 is 51.8 Å². The molecule has 0 spiro atoms. The zero-order chi connectivity index (χ0) is 24.0. The van der Waals surface area contributed by atoms with Crippen LogP contribution in [0, 0.1) is 5.92 Å². The lowest BCUT2D eigenvalue weighted by Crippen LogP contribution is -2.20. The van der Waals surface area contributed by atoms with E-state index >= 15 is 0 Å². The van der Waals surface area contributed by atoms with Crippen LogP contribution >= 0.6 is 23.8 Å². The number of carbonyl (C=O) groups excluding carboxylic acids is 1. The summed E-state index contributed by atoms with van der Waals surface area (Å²) in [6, 6.07) is 10.6. The summed E-state index contributed by atoms with van der Waals surface area (Å²) < 4.78 is 43.7. The molecule has 0 aliphatic heterocycles. The molecule has 0 aliphatic carbocycles. The van der Waals surface area contributed by atoms with Gasteiger partial charge in [0.25, 0.3) is 5.91 Å². The summed E-state index contributed by atoms with van der Waals surface area (Å²) in [5.41, 5.74) is 1.52. The molecule has 1 heterocycles. The van der Waals surface area contributed by atoms with E-state index in [0.29, 0.717) is 23.4 Å². The van der Waals surface area contributed by atoms with Gasteiger partial charge in [0.05, 0.1) is 5.56 Å². The second-order valence-electron chi connectivity index (χ2n) is 7.53. The van der Waals surface area contributed by atoms with Crippen LogP contribution in [-0.2, 0) is 12.6 Å². The predicted octanol–water partition coefficient (Wildman–Crippen LogP) is 6.21. The third-order valence-corrected chi connectivity index (χ3v) is 5.56. The third-order valence-electron chi connectivity index (χ3n) is 4.85. The number of benzene rings is 2. The Morgan fingerprint density at radius 2 is 1.70 bits per heavy atom. The number of alkyl halides is 3. The molecule has 1 aromatic heterocycles. The van der Waals surface area contributed by atoms with Gasteiger partial charge in [0.1, 0.15) is 0 Å². The van der Waals surface area contributed by atoms with Gasteiger partial charge in [0.2, 0.25) is 0 Å². The summed E-state index contributed by atoms with van der Waals surface area (Å²) in [5.74, 6) is -0.114. The number of anilines is 3. The fraction of sp³-hybridized carbons (Fsp3) is 0.273. The molecule has 0 saturated heterocycles. The number of aromatic nitrogens is 2. The molecule has 174 valence electrons. The maximum absolute atomic E-state index is 13.4. The van der Waals surface area contributed by atoms with Crippen molar-refractivity contribution in [2.24, 2.45) is 5.92 Å². The van der Waals surface area contributed by atoms with Crippen LogP contribution in [0.25, 0.3) is 0 Å². The number of hydrogen-bond acceptors (Lipinski definition) is 5. The van der Waals surface area contributed by atoms with Crippen LogP contribution in [0.1, 0.15) is 41.9 Å². The van der Waals surface area contributed by atoms with E-state index in [2.05, 4.69) is 25.5 Å². The molecule has 0 fully saturated rings. The molecular formula is C22H22F3N5OS2. The fourth-order valence-corrected chi connectivity index (χ4v) is 3.65. The zero-order valence-corrected chi connectivity index (χ0v) is 19.5. The number of thiocarbonyl (C=S) groups is 1. The molecule has 3 rings (SSSR count). The second kappa shape index (κ2) is 10.7. The Morgan fingerprint density at radius 1 is 1.06 bits per heavy atom. The Kier molecular flexibility index (Phi) is 7.98. The fourth-order valence-electron chi connectivity index (χ4n) is 2.98. The van der Waals surface area contributed by atoms with E-state index in [9.17, 15) is 18.0 Å². The topological polar surface area (TPSA) is 78.9 Å². The van der Waals surface area contributed by atoms with E-state index in [0.717, 1.165) is 24.0 Å². The molecule has 0 aliphatic rings. The van der Waals surface area contributed by atoms with E-state index in [4.69, 9.17) is 12.2 Å². The molecule has 0 saturated carbocycles. The lowest BCUT2D eigenvalue weighted by atomic mass is 9.97. The number of amides is 1. The maximum atomic E-state index is 13.4. The summed E-state index contributed by atoms with van der Waals surface area (Å²) in [6.07, 6.45) is -3.04. The number of nitrogens with one attached hydrogen (secondary N) is 3. The summed E-state index contributed by atoms with van der Waals surface area (Å²) in [7, 11) is 0. The van der Waals surface area contributed by atoms with Crippen molar-refractivity contribution in [2.45, 2.75) is 32.9 Å². The lowest BCUT2D eigenvalue weighted by molar-refractivity contribution is -0.137. The van der Waals surface area contributed by atoms with Crippen molar-refractivity contribution in [3.05, 3.63) is 64.7 Å². The van der Waals surface area contributed by atoms with E-state index in [1.165, 1.54) is 11.4 Å². The molecule has 3 aromatic rings. The Labute approximate surface area is 198 Å². The zero-order valence-electron chi connectivity index (χ0n) is 17.9. The molecule has 1 unspecified atom stereocenters. The second-order valence-corrected chi connectivity index (χ2v) is 8.55. The Morgan fingerprint density at radius 3 is 2.27 bits per heavy atom. The third kappa shape index (κ3) is 7.22. The van der Waals surface area contributed by atoms with Gasteiger partial charge in [-0.05, 0) is 84.1 Å². The van der Waals surface area contributed by atoms with Crippen molar-refractivity contribution < 1.29 is 18.0 Å². The van der Waals surface area contributed by atoms with Gasteiger partial charge in [-0.3, -0.25) is 4.79 Å². The summed E-state index contributed by atoms with van der Waals surface area (Å²) in [5, 5.41) is 13.9. The minimum absolute atomic E-state index is 0.147. The molecule has 1 atom stereocenters. The molecule has 33 heavy (non-hydrogen) atoms. The highest BCUT2D eigenvalue weighted by atomic mass is 32.1. The van der Waals surface area contributed by atoms with E-state index in [-0.39, 0.29) is 28.3 Å². The number of nitrogens with zero attached hydrogens (tertiary/aromatic N) is 2. The van der Waals surface area contributed by atoms with Gasteiger partial charge < -0.3 is 16.0 Å². The van der Waals surface area contributed by atoms with Gasteiger partial charge >= 0.3 is 6.18 Å².